The molecule has 1 saturated heterocycles. The van der Waals surface area contributed by atoms with Gasteiger partial charge in [0.1, 0.15) is 5.82 Å². The van der Waals surface area contributed by atoms with E-state index < -0.39 is 0 Å². The van der Waals surface area contributed by atoms with Gasteiger partial charge in [0.2, 0.25) is 0 Å². The second-order valence-corrected chi connectivity index (χ2v) is 7.65. The van der Waals surface area contributed by atoms with Crippen LogP contribution in [0.5, 0.6) is 0 Å². The van der Waals surface area contributed by atoms with E-state index in [-0.39, 0.29) is 18.2 Å². The molecule has 2 heterocycles. The third-order valence-corrected chi connectivity index (χ3v) is 5.71. The molecule has 5 heteroatoms. The Morgan fingerprint density at radius 2 is 1.79 bits per heavy atom. The van der Waals surface area contributed by atoms with Gasteiger partial charge in [-0.25, -0.2) is 4.39 Å². The number of benzene rings is 2. The fourth-order valence-corrected chi connectivity index (χ4v) is 4.21. The Labute approximate surface area is 178 Å². The Morgan fingerprint density at radius 3 is 2.55 bits per heavy atom. The Bertz CT molecular complexity index is 1010. The van der Waals surface area contributed by atoms with Gasteiger partial charge in [-0.2, -0.15) is 0 Å². The Balaban J connectivity index is 0.00000240. The first kappa shape index (κ1) is 21.4. The standard InChI is InChI=1S/C24H26FN3.ClH/c1-3-12-28-18-21(22-9-5-7-11-24(22)28)17-27-14-13-26(15-19(27)2)16-20-8-4-6-10-23(20)25;/h1,4-11,18-19H,12-17H2,2H3;1H/t19-;/m1./s1. The van der Waals surface area contributed by atoms with E-state index in [0.29, 0.717) is 19.1 Å². The molecule has 3 aromatic rings. The van der Waals surface area contributed by atoms with Crippen LogP contribution >= 0.6 is 12.4 Å². The van der Waals surface area contributed by atoms with E-state index in [1.54, 1.807) is 12.1 Å². The van der Waals surface area contributed by atoms with Gasteiger partial charge in [0.15, 0.2) is 0 Å². The van der Waals surface area contributed by atoms with Crippen molar-refractivity contribution in [2.24, 2.45) is 0 Å². The molecule has 0 radical (unpaired) electrons. The molecule has 1 aliphatic rings. The smallest absolute Gasteiger partial charge is 0.127 e. The monoisotopic (exact) mass is 411 g/mol. The van der Waals surface area contributed by atoms with Crippen LogP contribution in [0.3, 0.4) is 0 Å². The quantitative estimate of drug-likeness (QED) is 0.571. The molecule has 1 fully saturated rings. The molecule has 0 spiro atoms. The number of fused-ring (bicyclic) bond motifs is 1. The third kappa shape index (κ3) is 4.64. The minimum atomic E-state index is -0.112. The largest absolute Gasteiger partial charge is 0.336 e. The van der Waals surface area contributed by atoms with Gasteiger partial charge in [-0.1, -0.05) is 42.3 Å². The van der Waals surface area contributed by atoms with Crippen LogP contribution in [-0.4, -0.2) is 40.0 Å². The number of halogens is 2. The second-order valence-electron chi connectivity index (χ2n) is 7.65. The molecule has 3 nitrogen and oxygen atoms in total. The van der Waals surface area contributed by atoms with Crippen LogP contribution < -0.4 is 0 Å². The molecule has 152 valence electrons. The van der Waals surface area contributed by atoms with Crippen LogP contribution in [-0.2, 0) is 19.6 Å². The van der Waals surface area contributed by atoms with E-state index in [2.05, 4.69) is 57.7 Å². The summed E-state index contributed by atoms with van der Waals surface area (Å²) in [5.41, 5.74) is 3.29. The molecule has 0 N–H and O–H groups in total. The summed E-state index contributed by atoms with van der Waals surface area (Å²) in [6, 6.07) is 15.9. The highest BCUT2D eigenvalue weighted by Gasteiger charge is 2.25. The fourth-order valence-electron chi connectivity index (χ4n) is 4.21. The van der Waals surface area contributed by atoms with Crippen molar-refractivity contribution >= 4 is 23.3 Å². The lowest BCUT2D eigenvalue weighted by molar-refractivity contribution is 0.0729. The lowest BCUT2D eigenvalue weighted by atomic mass is 10.1. The predicted octanol–water partition coefficient (Wildman–Crippen LogP) is 4.54. The molecule has 0 aliphatic carbocycles. The highest BCUT2D eigenvalue weighted by Crippen LogP contribution is 2.24. The average molecular weight is 412 g/mol. The second kappa shape index (κ2) is 9.45. The highest BCUT2D eigenvalue weighted by molar-refractivity contribution is 5.85. The van der Waals surface area contributed by atoms with E-state index in [9.17, 15) is 4.39 Å². The molecule has 0 amide bonds. The summed E-state index contributed by atoms with van der Waals surface area (Å²) >= 11 is 0. The van der Waals surface area contributed by atoms with E-state index in [0.717, 1.165) is 31.7 Å². The average Bonchev–Trinajstić information content (AvgIpc) is 3.04. The van der Waals surface area contributed by atoms with Crippen LogP contribution in [0.1, 0.15) is 18.1 Å². The Kier molecular flexibility index (Phi) is 6.97. The molecule has 0 unspecified atom stereocenters. The molecule has 4 rings (SSSR count). The first-order valence-corrected chi connectivity index (χ1v) is 9.85. The number of piperazine rings is 1. The molecule has 29 heavy (non-hydrogen) atoms. The summed E-state index contributed by atoms with van der Waals surface area (Å²) in [6.45, 7) is 7.29. The predicted molar refractivity (Wildman–Crippen MR) is 120 cm³/mol. The normalized spacial score (nSPS) is 17.8. The summed E-state index contributed by atoms with van der Waals surface area (Å²) < 4.78 is 16.1. The summed E-state index contributed by atoms with van der Waals surface area (Å²) in [4.78, 5) is 4.86. The highest BCUT2D eigenvalue weighted by atomic mass is 35.5. The maximum Gasteiger partial charge on any atom is 0.127 e. The van der Waals surface area contributed by atoms with Crippen molar-refractivity contribution in [3.63, 3.8) is 0 Å². The van der Waals surface area contributed by atoms with Gasteiger partial charge in [0, 0.05) is 61.4 Å². The fraction of sp³-hybridized carbons (Fsp3) is 0.333. The van der Waals surface area contributed by atoms with Gasteiger partial charge < -0.3 is 4.57 Å². The molecule has 0 saturated carbocycles. The first-order valence-electron chi connectivity index (χ1n) is 9.85. The zero-order valence-electron chi connectivity index (χ0n) is 16.7. The molecule has 2 aromatic carbocycles. The lowest BCUT2D eigenvalue weighted by Gasteiger charge is -2.40. The maximum atomic E-state index is 14.0. The molecule has 1 aromatic heterocycles. The van der Waals surface area contributed by atoms with Crippen molar-refractivity contribution in [2.75, 3.05) is 19.6 Å². The van der Waals surface area contributed by atoms with Gasteiger partial charge in [0.05, 0.1) is 6.54 Å². The van der Waals surface area contributed by atoms with E-state index in [4.69, 9.17) is 6.42 Å². The van der Waals surface area contributed by atoms with Crippen molar-refractivity contribution in [3.05, 3.63) is 71.7 Å². The van der Waals surface area contributed by atoms with Crippen LogP contribution in [0.2, 0.25) is 0 Å². The van der Waals surface area contributed by atoms with Gasteiger partial charge >= 0.3 is 0 Å². The third-order valence-electron chi connectivity index (χ3n) is 5.71. The van der Waals surface area contributed by atoms with Crippen molar-refractivity contribution in [1.82, 2.24) is 14.4 Å². The summed E-state index contributed by atoms with van der Waals surface area (Å²) in [7, 11) is 0. The van der Waals surface area contributed by atoms with Gasteiger partial charge in [0.25, 0.3) is 0 Å². The summed E-state index contributed by atoms with van der Waals surface area (Å²) in [5, 5.41) is 1.28. The van der Waals surface area contributed by atoms with E-state index in [1.165, 1.54) is 16.5 Å². The topological polar surface area (TPSA) is 11.4 Å². The minimum Gasteiger partial charge on any atom is -0.336 e. The van der Waals surface area contributed by atoms with Gasteiger partial charge in [-0.05, 0) is 24.6 Å². The van der Waals surface area contributed by atoms with Crippen LogP contribution in [0, 0.1) is 18.2 Å². The number of terminal acetylenes is 1. The zero-order chi connectivity index (χ0) is 19.5. The summed E-state index contributed by atoms with van der Waals surface area (Å²) in [5.74, 6) is 2.64. The molecule has 1 atom stereocenters. The number of aromatic nitrogens is 1. The van der Waals surface area contributed by atoms with E-state index in [1.807, 2.05) is 12.1 Å². The van der Waals surface area contributed by atoms with Crippen LogP contribution in [0.25, 0.3) is 10.9 Å². The first-order chi connectivity index (χ1) is 13.7. The van der Waals surface area contributed by atoms with Gasteiger partial charge in [-0.3, -0.25) is 9.80 Å². The number of para-hydroxylation sites is 1. The Morgan fingerprint density at radius 1 is 1.03 bits per heavy atom. The van der Waals surface area contributed by atoms with Crippen molar-refractivity contribution in [3.8, 4) is 12.3 Å². The lowest BCUT2D eigenvalue weighted by Crippen LogP contribution is -2.50. The molecule has 1 aliphatic heterocycles. The Hall–Kier alpha value is -2.32. The number of rotatable bonds is 5. The van der Waals surface area contributed by atoms with E-state index >= 15 is 0 Å². The van der Waals surface area contributed by atoms with Crippen molar-refractivity contribution < 1.29 is 4.39 Å². The molecule has 0 bridgehead atoms. The SMILES string of the molecule is C#CCn1cc(CN2CCN(Cc3ccccc3F)C[C@H]2C)c2ccccc21.Cl. The number of hydrogen-bond donors (Lipinski definition) is 0. The van der Waals surface area contributed by atoms with Crippen molar-refractivity contribution in [1.29, 1.82) is 0 Å². The van der Waals surface area contributed by atoms with Crippen LogP contribution in [0.4, 0.5) is 4.39 Å². The minimum absolute atomic E-state index is 0. The number of nitrogens with zero attached hydrogens (tertiary/aromatic N) is 3. The number of hydrogen-bond acceptors (Lipinski definition) is 2. The maximum absolute atomic E-state index is 14.0. The van der Waals surface area contributed by atoms with Crippen molar-refractivity contribution in [2.45, 2.75) is 32.6 Å². The zero-order valence-corrected chi connectivity index (χ0v) is 17.5. The van der Waals surface area contributed by atoms with Gasteiger partial charge in [-0.15, -0.1) is 18.8 Å². The molecular weight excluding hydrogens is 385 g/mol. The molecular formula is C24H27ClFN3. The van der Waals surface area contributed by atoms with Crippen LogP contribution in [0.15, 0.2) is 54.7 Å². The summed E-state index contributed by atoms with van der Waals surface area (Å²) in [6.07, 6.45) is 7.74.